The summed E-state index contributed by atoms with van der Waals surface area (Å²) in [6.07, 6.45) is -4.37. The average molecular weight is 286 g/mol. The van der Waals surface area contributed by atoms with E-state index in [0.717, 1.165) is 6.07 Å². The summed E-state index contributed by atoms with van der Waals surface area (Å²) < 4.78 is 37.4. The molecule has 0 spiro atoms. The highest BCUT2D eigenvalue weighted by Crippen LogP contribution is 2.32. The third kappa shape index (κ3) is 2.88. The lowest BCUT2D eigenvalue weighted by Crippen LogP contribution is -2.08. The van der Waals surface area contributed by atoms with E-state index in [1.807, 2.05) is 6.92 Å². The standard InChI is InChI=1S/C8H7BrF3NS/c1-2-14-7-5(9)3-4-6(13-7)8(10,11)12/h3-4H,2H2,1H3. The van der Waals surface area contributed by atoms with Gasteiger partial charge in [-0.05, 0) is 33.8 Å². The van der Waals surface area contributed by atoms with Gasteiger partial charge in [0.2, 0.25) is 0 Å². The molecule has 0 saturated heterocycles. The van der Waals surface area contributed by atoms with E-state index in [1.54, 1.807) is 0 Å². The lowest BCUT2D eigenvalue weighted by Gasteiger charge is -2.08. The third-order valence-electron chi connectivity index (χ3n) is 1.39. The van der Waals surface area contributed by atoms with Crippen molar-refractivity contribution in [1.82, 2.24) is 4.98 Å². The number of alkyl halides is 3. The van der Waals surface area contributed by atoms with Crippen LogP contribution < -0.4 is 0 Å². The van der Waals surface area contributed by atoms with Crippen molar-refractivity contribution in [2.75, 3.05) is 5.75 Å². The average Bonchev–Trinajstić information content (AvgIpc) is 2.07. The first-order valence-corrected chi connectivity index (χ1v) is 5.59. The highest BCUT2D eigenvalue weighted by atomic mass is 79.9. The summed E-state index contributed by atoms with van der Waals surface area (Å²) in [5, 5.41) is 0.377. The fourth-order valence-corrected chi connectivity index (χ4v) is 2.03. The second kappa shape index (κ2) is 4.53. The molecule has 0 saturated carbocycles. The van der Waals surface area contributed by atoms with Crippen LogP contribution in [0.3, 0.4) is 0 Å². The maximum Gasteiger partial charge on any atom is 0.433 e. The first-order valence-electron chi connectivity index (χ1n) is 3.81. The van der Waals surface area contributed by atoms with Crippen molar-refractivity contribution >= 4 is 27.7 Å². The number of hydrogen-bond donors (Lipinski definition) is 0. The van der Waals surface area contributed by atoms with E-state index in [0.29, 0.717) is 15.3 Å². The second-order valence-electron chi connectivity index (χ2n) is 2.41. The molecule has 1 rings (SSSR count). The Labute approximate surface area is 92.2 Å². The summed E-state index contributed by atoms with van der Waals surface area (Å²) in [5.74, 6) is 0.687. The summed E-state index contributed by atoms with van der Waals surface area (Å²) in [6.45, 7) is 1.86. The number of aromatic nitrogens is 1. The van der Waals surface area contributed by atoms with E-state index in [9.17, 15) is 13.2 Å². The molecule has 0 aliphatic rings. The van der Waals surface area contributed by atoms with Crippen LogP contribution in [0.4, 0.5) is 13.2 Å². The molecule has 0 N–H and O–H groups in total. The van der Waals surface area contributed by atoms with Crippen LogP contribution in [0.5, 0.6) is 0 Å². The van der Waals surface area contributed by atoms with Gasteiger partial charge in [0.15, 0.2) is 0 Å². The molecular formula is C8H7BrF3NS. The Morgan fingerprint density at radius 3 is 2.57 bits per heavy atom. The monoisotopic (exact) mass is 285 g/mol. The lowest BCUT2D eigenvalue weighted by molar-refractivity contribution is -0.141. The number of pyridine rings is 1. The zero-order valence-corrected chi connectivity index (χ0v) is 9.63. The summed E-state index contributed by atoms with van der Waals surface area (Å²) in [5.41, 5.74) is -0.850. The van der Waals surface area contributed by atoms with Gasteiger partial charge in [0.05, 0.1) is 0 Å². The van der Waals surface area contributed by atoms with Crippen LogP contribution in [0.25, 0.3) is 0 Å². The van der Waals surface area contributed by atoms with E-state index in [-0.39, 0.29) is 0 Å². The Balaban J connectivity index is 3.06. The summed E-state index contributed by atoms with van der Waals surface area (Å²) in [7, 11) is 0. The highest BCUT2D eigenvalue weighted by molar-refractivity contribution is 9.10. The third-order valence-corrected chi connectivity index (χ3v) is 3.16. The van der Waals surface area contributed by atoms with Crippen LogP contribution in [0.2, 0.25) is 0 Å². The molecule has 0 aromatic carbocycles. The van der Waals surface area contributed by atoms with Crippen LogP contribution in [-0.4, -0.2) is 10.7 Å². The fourth-order valence-electron chi connectivity index (χ4n) is 0.819. The second-order valence-corrected chi connectivity index (χ2v) is 4.52. The topological polar surface area (TPSA) is 12.9 Å². The van der Waals surface area contributed by atoms with Gasteiger partial charge in [0, 0.05) is 4.47 Å². The van der Waals surface area contributed by atoms with E-state index in [2.05, 4.69) is 20.9 Å². The van der Waals surface area contributed by atoms with Crippen molar-refractivity contribution in [3.8, 4) is 0 Å². The Kier molecular flexibility index (Phi) is 3.83. The molecule has 1 nitrogen and oxygen atoms in total. The van der Waals surface area contributed by atoms with Gasteiger partial charge in [0.1, 0.15) is 10.7 Å². The normalized spacial score (nSPS) is 11.8. The summed E-state index contributed by atoms with van der Waals surface area (Å²) >= 11 is 4.42. The minimum atomic E-state index is -4.37. The van der Waals surface area contributed by atoms with Gasteiger partial charge in [-0.25, -0.2) is 4.98 Å². The van der Waals surface area contributed by atoms with Gasteiger partial charge in [-0.3, -0.25) is 0 Å². The van der Waals surface area contributed by atoms with Crippen molar-refractivity contribution in [1.29, 1.82) is 0 Å². The fraction of sp³-hybridized carbons (Fsp3) is 0.375. The largest absolute Gasteiger partial charge is 0.433 e. The molecule has 0 aliphatic carbocycles. The van der Waals surface area contributed by atoms with Crippen LogP contribution in [-0.2, 0) is 6.18 Å². The number of halogens is 4. The molecule has 0 fully saturated rings. The minimum Gasteiger partial charge on any atom is -0.236 e. The predicted octanol–water partition coefficient (Wildman–Crippen LogP) is 3.97. The Morgan fingerprint density at radius 2 is 2.07 bits per heavy atom. The molecule has 6 heteroatoms. The first kappa shape index (κ1) is 11.8. The van der Waals surface area contributed by atoms with Crippen molar-refractivity contribution in [3.05, 3.63) is 22.3 Å². The van der Waals surface area contributed by atoms with Crippen molar-refractivity contribution in [3.63, 3.8) is 0 Å². The maximum absolute atomic E-state index is 12.3. The van der Waals surface area contributed by atoms with Gasteiger partial charge < -0.3 is 0 Å². The molecular weight excluding hydrogens is 279 g/mol. The minimum absolute atomic E-state index is 0.377. The highest BCUT2D eigenvalue weighted by Gasteiger charge is 2.32. The van der Waals surface area contributed by atoms with Gasteiger partial charge in [-0.2, -0.15) is 13.2 Å². The van der Waals surface area contributed by atoms with E-state index < -0.39 is 11.9 Å². The molecule has 0 amide bonds. The lowest BCUT2D eigenvalue weighted by atomic mass is 10.3. The van der Waals surface area contributed by atoms with Gasteiger partial charge >= 0.3 is 6.18 Å². The SMILES string of the molecule is CCSc1nc(C(F)(F)F)ccc1Br. The zero-order chi connectivity index (χ0) is 10.8. The van der Waals surface area contributed by atoms with Crippen LogP contribution in [0, 0.1) is 0 Å². The van der Waals surface area contributed by atoms with Crippen LogP contribution in [0.1, 0.15) is 12.6 Å². The van der Waals surface area contributed by atoms with Crippen LogP contribution in [0.15, 0.2) is 21.6 Å². The van der Waals surface area contributed by atoms with Gasteiger partial charge in [-0.15, -0.1) is 11.8 Å². The molecule has 0 atom stereocenters. The van der Waals surface area contributed by atoms with Crippen LogP contribution >= 0.6 is 27.7 Å². The van der Waals surface area contributed by atoms with E-state index >= 15 is 0 Å². The Morgan fingerprint density at radius 1 is 1.43 bits per heavy atom. The Hall–Kier alpha value is -0.230. The molecule has 14 heavy (non-hydrogen) atoms. The zero-order valence-electron chi connectivity index (χ0n) is 7.23. The molecule has 0 bridgehead atoms. The van der Waals surface area contributed by atoms with E-state index in [4.69, 9.17) is 0 Å². The number of thioether (sulfide) groups is 1. The smallest absolute Gasteiger partial charge is 0.236 e. The van der Waals surface area contributed by atoms with Gasteiger partial charge in [-0.1, -0.05) is 6.92 Å². The number of hydrogen-bond acceptors (Lipinski definition) is 2. The van der Waals surface area contributed by atoms with Crippen molar-refractivity contribution in [2.45, 2.75) is 18.1 Å². The molecule has 0 aliphatic heterocycles. The molecule has 1 heterocycles. The molecule has 78 valence electrons. The van der Waals surface area contributed by atoms with E-state index in [1.165, 1.54) is 17.8 Å². The number of rotatable bonds is 2. The molecule has 1 aromatic heterocycles. The predicted molar refractivity (Wildman–Crippen MR) is 53.3 cm³/mol. The van der Waals surface area contributed by atoms with Crippen molar-refractivity contribution in [2.24, 2.45) is 0 Å². The molecule has 0 unspecified atom stereocenters. The quantitative estimate of drug-likeness (QED) is 0.763. The Bertz CT molecular complexity index is 327. The summed E-state index contributed by atoms with van der Waals surface area (Å²) in [6, 6.07) is 2.33. The molecule has 0 radical (unpaired) electrons. The van der Waals surface area contributed by atoms with Gasteiger partial charge in [0.25, 0.3) is 0 Å². The summed E-state index contributed by atoms with van der Waals surface area (Å²) in [4.78, 5) is 3.52. The maximum atomic E-state index is 12.3. The first-order chi connectivity index (χ1) is 6.45. The molecule has 1 aromatic rings. The van der Waals surface area contributed by atoms with Crippen molar-refractivity contribution < 1.29 is 13.2 Å². The number of nitrogens with zero attached hydrogens (tertiary/aromatic N) is 1.